The fraction of sp³-hybridized carbons (Fsp3) is 0.538. The molecule has 2 atom stereocenters. The van der Waals surface area contributed by atoms with Gasteiger partial charge in [-0.25, -0.2) is 0 Å². The van der Waals surface area contributed by atoms with Crippen molar-refractivity contribution < 1.29 is 0 Å². The zero-order valence-electron chi connectivity index (χ0n) is 10.0. The van der Waals surface area contributed by atoms with Crippen LogP contribution >= 0.6 is 11.8 Å². The van der Waals surface area contributed by atoms with E-state index in [1.807, 2.05) is 11.8 Å². The molecule has 1 aromatic carbocycles. The summed E-state index contributed by atoms with van der Waals surface area (Å²) in [7, 11) is 2.17. The Kier molecular flexibility index (Phi) is 3.45. The van der Waals surface area contributed by atoms with E-state index in [1.165, 1.54) is 17.9 Å². The van der Waals surface area contributed by atoms with Crippen LogP contribution in [-0.4, -0.2) is 30.1 Å². The molecule has 1 aliphatic rings. The van der Waals surface area contributed by atoms with Crippen molar-refractivity contribution in [2.45, 2.75) is 24.1 Å². The fourth-order valence-corrected chi connectivity index (χ4v) is 4.03. The van der Waals surface area contributed by atoms with Crippen molar-refractivity contribution in [3.8, 4) is 0 Å². The number of nitrogens with zero attached hydrogens (tertiary/aromatic N) is 1. The topological polar surface area (TPSA) is 29.3 Å². The monoisotopic (exact) mass is 236 g/mol. The number of hydrogen-bond donors (Lipinski definition) is 1. The van der Waals surface area contributed by atoms with E-state index >= 15 is 0 Å². The first kappa shape index (κ1) is 11.8. The van der Waals surface area contributed by atoms with Crippen LogP contribution < -0.4 is 10.6 Å². The van der Waals surface area contributed by atoms with Crippen molar-refractivity contribution >= 4 is 17.4 Å². The van der Waals surface area contributed by atoms with Crippen LogP contribution in [0.3, 0.4) is 0 Å². The Morgan fingerprint density at radius 1 is 1.44 bits per heavy atom. The second-order valence-corrected chi connectivity index (χ2v) is 5.91. The van der Waals surface area contributed by atoms with E-state index in [-0.39, 0.29) is 5.54 Å². The summed E-state index contributed by atoms with van der Waals surface area (Å²) in [6, 6.07) is 10.5. The molecule has 2 nitrogen and oxygen atoms in total. The molecule has 0 aliphatic carbocycles. The summed E-state index contributed by atoms with van der Waals surface area (Å²) in [5.74, 6) is 1.22. The van der Waals surface area contributed by atoms with Gasteiger partial charge in [0.25, 0.3) is 0 Å². The number of likely N-dealkylation sites (N-methyl/N-ethyl adjacent to an activating group) is 1. The van der Waals surface area contributed by atoms with Gasteiger partial charge in [0.1, 0.15) is 0 Å². The average Bonchev–Trinajstić information content (AvgIpc) is 2.72. The minimum absolute atomic E-state index is 0.131. The third-order valence-electron chi connectivity index (χ3n) is 3.82. The van der Waals surface area contributed by atoms with Crippen molar-refractivity contribution in [2.75, 3.05) is 24.2 Å². The van der Waals surface area contributed by atoms with Gasteiger partial charge in [-0.1, -0.05) is 25.1 Å². The maximum absolute atomic E-state index is 6.04. The molecule has 0 aromatic heterocycles. The van der Waals surface area contributed by atoms with Crippen molar-refractivity contribution in [2.24, 2.45) is 5.73 Å². The lowest BCUT2D eigenvalue weighted by Crippen LogP contribution is -2.56. The number of para-hydroxylation sites is 1. The summed E-state index contributed by atoms with van der Waals surface area (Å²) in [5, 5.41) is 0.600. The molecule has 1 aliphatic heterocycles. The Labute approximate surface area is 102 Å². The largest absolute Gasteiger partial charge is 0.367 e. The number of rotatable bonds is 3. The van der Waals surface area contributed by atoms with Crippen molar-refractivity contribution in [1.82, 2.24) is 0 Å². The smallest absolute Gasteiger partial charge is 0.0644 e. The summed E-state index contributed by atoms with van der Waals surface area (Å²) in [4.78, 5) is 2.37. The summed E-state index contributed by atoms with van der Waals surface area (Å²) < 4.78 is 0. The van der Waals surface area contributed by atoms with Gasteiger partial charge in [-0.15, -0.1) is 0 Å². The van der Waals surface area contributed by atoms with E-state index in [9.17, 15) is 0 Å². The molecule has 0 amide bonds. The molecule has 1 fully saturated rings. The Balaban J connectivity index is 2.28. The lowest BCUT2D eigenvalue weighted by Gasteiger charge is -2.42. The number of anilines is 1. The first-order valence-corrected chi connectivity index (χ1v) is 6.86. The van der Waals surface area contributed by atoms with Crippen LogP contribution in [0.25, 0.3) is 0 Å². The molecule has 0 bridgehead atoms. The van der Waals surface area contributed by atoms with Crippen LogP contribution in [0.5, 0.6) is 0 Å². The van der Waals surface area contributed by atoms with Gasteiger partial charge >= 0.3 is 0 Å². The molecule has 0 saturated carbocycles. The number of thioether (sulfide) groups is 1. The van der Waals surface area contributed by atoms with Crippen LogP contribution in [0.15, 0.2) is 30.3 Å². The molecular formula is C13H20N2S. The molecule has 0 spiro atoms. The minimum Gasteiger partial charge on any atom is -0.367 e. The van der Waals surface area contributed by atoms with Gasteiger partial charge < -0.3 is 10.6 Å². The SMILES string of the molecule is CC1SCCC1(CN)N(C)c1ccccc1. The molecule has 3 heteroatoms. The molecule has 1 aromatic rings. The predicted octanol–water partition coefficient (Wildman–Crippen LogP) is 2.35. The second kappa shape index (κ2) is 4.68. The van der Waals surface area contributed by atoms with Crippen molar-refractivity contribution in [3.63, 3.8) is 0 Å². The van der Waals surface area contributed by atoms with Gasteiger partial charge in [0, 0.05) is 24.5 Å². The Bertz CT molecular complexity index is 341. The minimum atomic E-state index is 0.131. The summed E-state index contributed by atoms with van der Waals surface area (Å²) >= 11 is 2.03. The summed E-state index contributed by atoms with van der Waals surface area (Å²) in [6.45, 7) is 3.02. The molecule has 0 radical (unpaired) electrons. The zero-order valence-corrected chi connectivity index (χ0v) is 10.8. The molecule has 2 N–H and O–H groups in total. The number of benzene rings is 1. The highest BCUT2D eigenvalue weighted by Gasteiger charge is 2.43. The molecule has 2 rings (SSSR count). The molecule has 1 heterocycles. The van der Waals surface area contributed by atoms with E-state index in [4.69, 9.17) is 5.73 Å². The van der Waals surface area contributed by atoms with Gasteiger partial charge in [0.2, 0.25) is 0 Å². The van der Waals surface area contributed by atoms with Crippen LogP contribution in [0, 0.1) is 0 Å². The van der Waals surface area contributed by atoms with Crippen LogP contribution in [0.2, 0.25) is 0 Å². The maximum atomic E-state index is 6.04. The van der Waals surface area contributed by atoms with Gasteiger partial charge in [-0.05, 0) is 24.3 Å². The Morgan fingerprint density at radius 2 is 2.12 bits per heavy atom. The number of hydrogen-bond acceptors (Lipinski definition) is 3. The lowest BCUT2D eigenvalue weighted by molar-refractivity contribution is 0.415. The third-order valence-corrected chi connectivity index (χ3v) is 5.20. The van der Waals surface area contributed by atoms with Gasteiger partial charge in [-0.2, -0.15) is 11.8 Å². The van der Waals surface area contributed by atoms with Gasteiger partial charge in [0.15, 0.2) is 0 Å². The first-order chi connectivity index (χ1) is 7.70. The average molecular weight is 236 g/mol. The van der Waals surface area contributed by atoms with Crippen LogP contribution in [0.4, 0.5) is 5.69 Å². The Morgan fingerprint density at radius 3 is 2.62 bits per heavy atom. The first-order valence-electron chi connectivity index (χ1n) is 5.81. The van der Waals surface area contributed by atoms with E-state index in [2.05, 4.69) is 49.2 Å². The van der Waals surface area contributed by atoms with Crippen LogP contribution in [-0.2, 0) is 0 Å². The van der Waals surface area contributed by atoms with E-state index < -0.39 is 0 Å². The maximum Gasteiger partial charge on any atom is 0.0644 e. The molecule has 1 saturated heterocycles. The Hall–Kier alpha value is -0.670. The van der Waals surface area contributed by atoms with Crippen molar-refractivity contribution in [1.29, 1.82) is 0 Å². The van der Waals surface area contributed by atoms with E-state index in [0.29, 0.717) is 5.25 Å². The highest BCUT2D eigenvalue weighted by Crippen LogP contribution is 2.40. The zero-order chi connectivity index (χ0) is 11.6. The van der Waals surface area contributed by atoms with E-state index in [1.54, 1.807) is 0 Å². The van der Waals surface area contributed by atoms with E-state index in [0.717, 1.165) is 6.54 Å². The molecule has 88 valence electrons. The highest BCUT2D eigenvalue weighted by atomic mass is 32.2. The standard InChI is InChI=1S/C13H20N2S/c1-11-13(10-14,8-9-16-11)15(2)12-6-4-3-5-7-12/h3-7,11H,8-10,14H2,1-2H3. The highest BCUT2D eigenvalue weighted by molar-refractivity contribution is 8.00. The molecule has 16 heavy (non-hydrogen) atoms. The third kappa shape index (κ3) is 1.82. The van der Waals surface area contributed by atoms with Crippen LogP contribution in [0.1, 0.15) is 13.3 Å². The number of nitrogens with two attached hydrogens (primary N) is 1. The quantitative estimate of drug-likeness (QED) is 0.873. The molecular weight excluding hydrogens is 216 g/mol. The normalized spacial score (nSPS) is 29.3. The summed E-state index contributed by atoms with van der Waals surface area (Å²) in [5.41, 5.74) is 7.44. The second-order valence-electron chi connectivity index (χ2n) is 4.47. The predicted molar refractivity (Wildman–Crippen MR) is 73.2 cm³/mol. The molecule has 2 unspecified atom stereocenters. The lowest BCUT2D eigenvalue weighted by atomic mass is 9.90. The van der Waals surface area contributed by atoms with Crippen molar-refractivity contribution in [3.05, 3.63) is 30.3 Å². The summed E-state index contributed by atoms with van der Waals surface area (Å²) in [6.07, 6.45) is 1.18. The van der Waals surface area contributed by atoms with Gasteiger partial charge in [-0.3, -0.25) is 0 Å². The van der Waals surface area contributed by atoms with Gasteiger partial charge in [0.05, 0.1) is 5.54 Å². The fourth-order valence-electron chi connectivity index (χ4n) is 2.52.